The third kappa shape index (κ3) is 5.49. The zero-order valence-corrected chi connectivity index (χ0v) is 35.5. The first-order valence-electron chi connectivity index (χ1n) is 24.6. The molecule has 0 aliphatic heterocycles. The number of benzene rings is 10. The second-order valence-corrected chi connectivity index (χ2v) is 16.9. The molecule has 1 atom stereocenters. The number of hydrogen-bond donors (Lipinski definition) is 0. The smallest absolute Gasteiger partial charge is 0.0727 e. The predicted molar refractivity (Wildman–Crippen MR) is 272 cm³/mol. The van der Waals surface area contributed by atoms with Crippen LogP contribution in [-0.4, -0.2) is 4.57 Å². The zero-order valence-electron chi connectivity index (χ0n) is 40.5. The lowest BCUT2D eigenvalue weighted by atomic mass is 9.70. The highest BCUT2D eigenvalue weighted by Crippen LogP contribution is 2.64. The van der Waals surface area contributed by atoms with Gasteiger partial charge in [0.25, 0.3) is 0 Å². The molecule has 10 aromatic carbocycles. The van der Waals surface area contributed by atoms with Gasteiger partial charge in [0.1, 0.15) is 0 Å². The molecule has 0 fully saturated rings. The van der Waals surface area contributed by atoms with Gasteiger partial charge in [0.2, 0.25) is 0 Å². The third-order valence-electron chi connectivity index (χ3n) is 13.7. The Morgan fingerprint density at radius 2 is 0.877 bits per heavy atom. The van der Waals surface area contributed by atoms with Crippen molar-refractivity contribution in [2.75, 3.05) is 9.80 Å². The first kappa shape index (κ1) is 32.3. The Kier molecular flexibility index (Phi) is 7.25. The normalized spacial score (nSPS) is 15.4. The van der Waals surface area contributed by atoms with Gasteiger partial charge in [0, 0.05) is 51.8 Å². The number of fused-ring (bicyclic) bond motifs is 13. The maximum atomic E-state index is 8.79. The number of rotatable bonds is 7. The molecule has 1 spiro atoms. The molecule has 0 N–H and O–H groups in total. The Morgan fingerprint density at radius 1 is 0.385 bits per heavy atom. The number of nitrogens with zero attached hydrogens (tertiary/aromatic N) is 3. The number of aromatic nitrogens is 1. The Balaban J connectivity index is 1.07. The van der Waals surface area contributed by atoms with E-state index < -0.39 is 11.5 Å². The zero-order chi connectivity index (χ0) is 47.4. The molecule has 0 amide bonds. The molecule has 65 heavy (non-hydrogen) atoms. The van der Waals surface area contributed by atoms with Crippen LogP contribution in [0.5, 0.6) is 0 Å². The molecule has 1 aromatic heterocycles. The summed E-state index contributed by atoms with van der Waals surface area (Å²) in [6.07, 6.45) is 0. The molecule has 0 bridgehead atoms. The van der Waals surface area contributed by atoms with E-state index in [0.29, 0.717) is 5.56 Å². The summed E-state index contributed by atoms with van der Waals surface area (Å²) < 4.78 is 44.9. The van der Waals surface area contributed by atoms with Gasteiger partial charge in [-0.2, -0.15) is 0 Å². The summed E-state index contributed by atoms with van der Waals surface area (Å²) in [6, 6.07) is 74.0. The summed E-state index contributed by atoms with van der Waals surface area (Å²) in [5.41, 5.74) is 18.0. The van der Waals surface area contributed by atoms with Gasteiger partial charge in [-0.25, -0.2) is 0 Å². The van der Waals surface area contributed by atoms with E-state index in [-0.39, 0.29) is 29.7 Å². The van der Waals surface area contributed by atoms with Gasteiger partial charge >= 0.3 is 0 Å². The molecule has 0 saturated carbocycles. The Morgan fingerprint density at radius 3 is 1.51 bits per heavy atom. The van der Waals surface area contributed by atoms with E-state index in [2.05, 4.69) is 209 Å². The van der Waals surface area contributed by atoms with Crippen LogP contribution in [0, 0.1) is 0 Å². The molecule has 0 radical (unpaired) electrons. The Hall–Kier alpha value is -8.40. The van der Waals surface area contributed by atoms with E-state index in [1.165, 1.54) is 44.5 Å². The molecule has 3 nitrogen and oxygen atoms in total. The largest absolute Gasteiger partial charge is 0.344 e. The summed E-state index contributed by atoms with van der Waals surface area (Å²) in [5, 5.41) is 2.24. The van der Waals surface area contributed by atoms with E-state index in [0.717, 1.165) is 55.9 Å². The van der Waals surface area contributed by atoms with Crippen molar-refractivity contribution in [1.29, 1.82) is 0 Å². The highest BCUT2D eigenvalue weighted by molar-refractivity contribution is 6.16. The summed E-state index contributed by atoms with van der Waals surface area (Å²) in [4.78, 5) is 4.66. The topological polar surface area (TPSA) is 11.4 Å². The van der Waals surface area contributed by atoms with Crippen LogP contribution in [0.15, 0.2) is 243 Å². The minimum absolute atomic E-state index is 0.175. The van der Waals surface area contributed by atoms with Crippen LogP contribution in [-0.2, 0) is 12.5 Å². The molecule has 0 saturated heterocycles. The molecule has 2 aliphatic carbocycles. The predicted octanol–water partition coefficient (Wildman–Crippen LogP) is 16.3. The van der Waals surface area contributed by atoms with Crippen LogP contribution >= 0.6 is 0 Å². The van der Waals surface area contributed by atoms with E-state index >= 15 is 0 Å². The van der Waals surface area contributed by atoms with Crippen molar-refractivity contribution in [3.05, 3.63) is 265 Å². The average molecular weight is 835 g/mol. The number of para-hydroxylation sites is 3. The van der Waals surface area contributed by atoms with Crippen LogP contribution in [0.1, 0.15) is 29.1 Å². The van der Waals surface area contributed by atoms with Gasteiger partial charge in [-0.15, -0.1) is 0 Å². The molecule has 306 valence electrons. The monoisotopic (exact) mass is 834 g/mol. The Bertz CT molecular complexity index is 3840. The van der Waals surface area contributed by atoms with Crippen molar-refractivity contribution in [1.82, 2.24) is 4.57 Å². The van der Waals surface area contributed by atoms with Crippen LogP contribution in [0.3, 0.4) is 0 Å². The minimum Gasteiger partial charge on any atom is -0.344 e. The van der Waals surface area contributed by atoms with Crippen molar-refractivity contribution in [3.8, 4) is 33.4 Å². The molecule has 11 aromatic rings. The quantitative estimate of drug-likeness (QED) is 0.158. The van der Waals surface area contributed by atoms with E-state index in [9.17, 15) is 0 Å². The molecule has 13 rings (SSSR count). The first-order chi connectivity index (χ1) is 34.3. The fourth-order valence-electron chi connectivity index (χ4n) is 11.0. The summed E-state index contributed by atoms with van der Waals surface area (Å²) in [6.45, 7) is 0. The van der Waals surface area contributed by atoms with Gasteiger partial charge in [0.05, 0.1) is 23.5 Å². The second-order valence-electron chi connectivity index (χ2n) is 16.9. The first-order valence-corrected chi connectivity index (χ1v) is 22.1. The van der Waals surface area contributed by atoms with Crippen molar-refractivity contribution < 1.29 is 6.85 Å². The summed E-state index contributed by atoms with van der Waals surface area (Å²) in [7, 11) is 2.12. The van der Waals surface area contributed by atoms with Gasteiger partial charge < -0.3 is 14.4 Å². The second kappa shape index (κ2) is 14.6. The molecular formula is C62H43N3. The minimum atomic E-state index is -0.676. The van der Waals surface area contributed by atoms with Crippen molar-refractivity contribution in [3.63, 3.8) is 0 Å². The molecular weight excluding hydrogens is 787 g/mol. The van der Waals surface area contributed by atoms with Crippen molar-refractivity contribution in [2.24, 2.45) is 7.05 Å². The summed E-state index contributed by atoms with van der Waals surface area (Å²) >= 11 is 0. The fourth-order valence-corrected chi connectivity index (χ4v) is 11.0. The van der Waals surface area contributed by atoms with Crippen LogP contribution in [0.2, 0.25) is 0 Å². The maximum Gasteiger partial charge on any atom is 0.0727 e. The molecule has 3 heteroatoms. The lowest BCUT2D eigenvalue weighted by molar-refractivity contribution is 0.793. The maximum absolute atomic E-state index is 8.79. The lowest BCUT2D eigenvalue weighted by Gasteiger charge is -2.33. The number of anilines is 6. The van der Waals surface area contributed by atoms with Gasteiger partial charge in [0.15, 0.2) is 0 Å². The van der Waals surface area contributed by atoms with E-state index in [4.69, 9.17) is 6.85 Å². The fraction of sp³-hybridized carbons (Fsp3) is 0.0323. The van der Waals surface area contributed by atoms with E-state index in [1.807, 2.05) is 24.3 Å². The molecule has 1 unspecified atom stereocenters. The third-order valence-corrected chi connectivity index (χ3v) is 13.7. The average Bonchev–Trinajstić information content (AvgIpc) is 4.00. The van der Waals surface area contributed by atoms with Crippen LogP contribution in [0.25, 0.3) is 55.2 Å². The highest BCUT2D eigenvalue weighted by Gasteiger charge is 2.52. The van der Waals surface area contributed by atoms with Gasteiger partial charge in [-0.05, 0) is 134 Å². The Labute approximate surface area is 386 Å². The summed E-state index contributed by atoms with van der Waals surface area (Å²) in [5.74, 6) is 0. The highest BCUT2D eigenvalue weighted by atomic mass is 15.2. The molecule has 1 heterocycles. The standard InChI is InChI=1S/C62H43N3/c1-63-58-29-16-13-26-53(58)61-59(63)30-17-31-60(61)65(46-34-32-43(33-35-46)42-18-5-2-6-19-42)48-37-39-52-50-25-12-15-28-55(50)62(57(52)41-48)54-27-14-11-24-49(54)51-38-36-47(40-56(51)62)64(44-20-7-3-8-21-44)45-22-9-4-10-23-45/h2-41H,1H3/i2D,5D,6D,18D,19D. The van der Waals surface area contributed by atoms with Crippen LogP contribution < -0.4 is 9.80 Å². The van der Waals surface area contributed by atoms with Gasteiger partial charge in [-0.3, -0.25) is 0 Å². The lowest BCUT2D eigenvalue weighted by Crippen LogP contribution is -2.26. The van der Waals surface area contributed by atoms with Gasteiger partial charge in [-0.1, -0.05) is 164 Å². The van der Waals surface area contributed by atoms with E-state index in [1.54, 1.807) is 0 Å². The van der Waals surface area contributed by atoms with Crippen molar-refractivity contribution >= 4 is 55.9 Å². The van der Waals surface area contributed by atoms with Crippen LogP contribution in [0.4, 0.5) is 34.1 Å². The van der Waals surface area contributed by atoms with Crippen molar-refractivity contribution in [2.45, 2.75) is 5.41 Å². The number of aryl methyl sites for hydroxylation is 1. The molecule has 2 aliphatic rings. The SMILES string of the molecule is [2H]c1c([2H])c([2H])c(-c2ccc(N(c3ccc4c(c3)C3(c5ccccc5-c5ccc(N(c6ccccc6)c6ccccc6)cc53)c3ccccc3-4)c3cccc4c3c3ccccc3n4C)cc2)c([2H])c1[2H]. The number of hydrogen-bond acceptors (Lipinski definition) is 2.